The second kappa shape index (κ2) is 10.2. The van der Waals surface area contributed by atoms with Crippen LogP contribution in [0, 0.1) is 0 Å². The summed E-state index contributed by atoms with van der Waals surface area (Å²) in [4.78, 5) is 20.0. The predicted molar refractivity (Wildman–Crippen MR) is 189 cm³/mol. The average Bonchev–Trinajstić information content (AvgIpc) is 3.84. The lowest BCUT2D eigenvalue weighted by Gasteiger charge is -2.10. The molecule has 10 aromatic rings. The minimum atomic E-state index is 0.602. The van der Waals surface area contributed by atoms with Crippen LogP contribution in [0.1, 0.15) is 0 Å². The SMILES string of the molecule is c1ccc(-c2nc(-c3ccc4oc5ccccc5c4c3)nc(-c3cccc4sc5c(-c6nc7ccccc7o6)cccc5c34)n2)cc1. The van der Waals surface area contributed by atoms with E-state index >= 15 is 0 Å². The maximum Gasteiger partial charge on any atom is 0.228 e. The molecule has 0 saturated heterocycles. The van der Waals surface area contributed by atoms with E-state index in [4.69, 9.17) is 28.8 Å². The van der Waals surface area contributed by atoms with Gasteiger partial charge in [-0.3, -0.25) is 0 Å². The van der Waals surface area contributed by atoms with Gasteiger partial charge in [0.2, 0.25) is 5.89 Å². The van der Waals surface area contributed by atoms with Gasteiger partial charge in [0.25, 0.3) is 0 Å². The molecule has 6 aromatic carbocycles. The first kappa shape index (κ1) is 26.1. The zero-order valence-corrected chi connectivity index (χ0v) is 25.5. The normalized spacial score (nSPS) is 11.8. The molecule has 6 nitrogen and oxygen atoms in total. The Bertz CT molecular complexity index is 2780. The largest absolute Gasteiger partial charge is 0.456 e. The van der Waals surface area contributed by atoms with Crippen molar-refractivity contribution in [2.45, 2.75) is 0 Å². The second-order valence-electron chi connectivity index (χ2n) is 11.4. The molecule has 0 aliphatic carbocycles. The topological polar surface area (TPSA) is 77.8 Å². The van der Waals surface area contributed by atoms with Crippen molar-refractivity contribution in [2.24, 2.45) is 0 Å². The van der Waals surface area contributed by atoms with Crippen molar-refractivity contribution >= 4 is 64.5 Å². The van der Waals surface area contributed by atoms with E-state index in [9.17, 15) is 0 Å². The number of hydrogen-bond acceptors (Lipinski definition) is 7. The fourth-order valence-corrected chi connectivity index (χ4v) is 7.63. The van der Waals surface area contributed by atoms with Crippen LogP contribution in [-0.2, 0) is 0 Å². The van der Waals surface area contributed by atoms with Gasteiger partial charge in [0.1, 0.15) is 16.7 Å². The Balaban J connectivity index is 1.20. The van der Waals surface area contributed by atoms with Crippen LogP contribution in [0.2, 0.25) is 0 Å². The molecule has 0 saturated carbocycles. The van der Waals surface area contributed by atoms with Crippen molar-refractivity contribution in [3.63, 3.8) is 0 Å². The summed E-state index contributed by atoms with van der Waals surface area (Å²) >= 11 is 1.72. The lowest BCUT2D eigenvalue weighted by Crippen LogP contribution is -2.00. The first-order chi connectivity index (χ1) is 23.3. The van der Waals surface area contributed by atoms with Gasteiger partial charge in [0.15, 0.2) is 23.1 Å². The molecule has 0 radical (unpaired) electrons. The Labute approximate surface area is 271 Å². The number of thiophene rings is 1. The molecular formula is C40H22N4O2S. The number of rotatable bonds is 4. The maximum absolute atomic E-state index is 6.21. The van der Waals surface area contributed by atoms with E-state index < -0.39 is 0 Å². The lowest BCUT2D eigenvalue weighted by atomic mass is 10.0. The summed E-state index contributed by atoms with van der Waals surface area (Å²) in [5.41, 5.74) is 7.03. The molecule has 10 rings (SSSR count). The van der Waals surface area contributed by atoms with Gasteiger partial charge in [-0.05, 0) is 48.5 Å². The molecule has 4 heterocycles. The maximum atomic E-state index is 6.21. The van der Waals surface area contributed by atoms with E-state index in [1.807, 2.05) is 84.9 Å². The number of oxazole rings is 1. The third-order valence-electron chi connectivity index (χ3n) is 8.59. The number of benzene rings is 6. The van der Waals surface area contributed by atoms with E-state index in [0.717, 1.165) is 75.5 Å². The van der Waals surface area contributed by atoms with Crippen LogP contribution < -0.4 is 0 Å². The van der Waals surface area contributed by atoms with Crippen LogP contribution in [0.3, 0.4) is 0 Å². The van der Waals surface area contributed by atoms with Crippen molar-refractivity contribution in [3.05, 3.63) is 133 Å². The van der Waals surface area contributed by atoms with Crippen molar-refractivity contribution in [3.8, 4) is 45.6 Å². The minimum absolute atomic E-state index is 0.602. The van der Waals surface area contributed by atoms with Crippen LogP contribution in [0.15, 0.2) is 142 Å². The highest BCUT2D eigenvalue weighted by molar-refractivity contribution is 7.26. The molecule has 0 spiro atoms. The molecule has 47 heavy (non-hydrogen) atoms. The van der Waals surface area contributed by atoms with Gasteiger partial charge in [-0.15, -0.1) is 11.3 Å². The Kier molecular flexibility index (Phi) is 5.64. The fraction of sp³-hybridized carbons (Fsp3) is 0. The van der Waals surface area contributed by atoms with Crippen LogP contribution in [0.25, 0.3) is 98.8 Å². The number of hydrogen-bond donors (Lipinski definition) is 0. The minimum Gasteiger partial charge on any atom is -0.456 e. The van der Waals surface area contributed by atoms with Gasteiger partial charge in [0.05, 0.1) is 5.56 Å². The number of nitrogens with zero attached hydrogens (tertiary/aromatic N) is 4. The molecule has 220 valence electrons. The standard InChI is InChI=1S/C40H22N4O2S/c1-2-10-23(11-3-1)37-42-38(24-20-21-32-29(22-24)25-12-4-6-17-31(25)45-32)44-39(43-37)27-14-9-19-34-35(27)26-13-8-15-28(36(26)47-34)40-41-30-16-5-7-18-33(30)46-40/h1-22H. The number of furan rings is 1. The quantitative estimate of drug-likeness (QED) is 0.194. The Hall–Kier alpha value is -6.18. The summed E-state index contributed by atoms with van der Waals surface area (Å²) in [6.07, 6.45) is 0. The average molecular weight is 623 g/mol. The summed E-state index contributed by atoms with van der Waals surface area (Å²) in [6.45, 7) is 0. The molecule has 0 atom stereocenters. The first-order valence-electron chi connectivity index (χ1n) is 15.3. The molecule has 7 heteroatoms. The summed E-state index contributed by atoms with van der Waals surface area (Å²) in [6, 6.07) is 44.8. The fourth-order valence-electron chi connectivity index (χ4n) is 6.40. The highest BCUT2D eigenvalue weighted by Gasteiger charge is 2.20. The highest BCUT2D eigenvalue weighted by Crippen LogP contribution is 2.44. The van der Waals surface area contributed by atoms with Gasteiger partial charge in [0, 0.05) is 47.6 Å². The highest BCUT2D eigenvalue weighted by atomic mass is 32.1. The summed E-state index contributed by atoms with van der Waals surface area (Å²) in [5, 5.41) is 4.29. The zero-order chi connectivity index (χ0) is 30.9. The van der Waals surface area contributed by atoms with Crippen LogP contribution >= 0.6 is 11.3 Å². The molecule has 0 bridgehead atoms. The Morgan fingerprint density at radius 1 is 0.447 bits per heavy atom. The predicted octanol–water partition coefficient (Wildman–Crippen LogP) is 10.9. The first-order valence-corrected chi connectivity index (χ1v) is 16.1. The van der Waals surface area contributed by atoms with Crippen LogP contribution in [-0.4, -0.2) is 19.9 Å². The van der Waals surface area contributed by atoms with Gasteiger partial charge < -0.3 is 8.83 Å². The summed E-state index contributed by atoms with van der Waals surface area (Å²) < 4.78 is 14.6. The molecule has 0 unspecified atom stereocenters. The molecule has 0 fully saturated rings. The number of aromatic nitrogens is 4. The van der Waals surface area contributed by atoms with E-state index in [-0.39, 0.29) is 0 Å². The number of fused-ring (bicyclic) bond motifs is 7. The molecule has 4 aromatic heterocycles. The van der Waals surface area contributed by atoms with E-state index in [0.29, 0.717) is 23.4 Å². The van der Waals surface area contributed by atoms with E-state index in [1.54, 1.807) is 11.3 Å². The monoisotopic (exact) mass is 622 g/mol. The molecule has 0 aliphatic heterocycles. The van der Waals surface area contributed by atoms with Crippen LogP contribution in [0.4, 0.5) is 0 Å². The Morgan fingerprint density at radius 3 is 2.04 bits per heavy atom. The van der Waals surface area contributed by atoms with Crippen LogP contribution in [0.5, 0.6) is 0 Å². The third kappa shape index (κ3) is 4.17. The van der Waals surface area contributed by atoms with Crippen molar-refractivity contribution in [2.75, 3.05) is 0 Å². The third-order valence-corrected chi connectivity index (χ3v) is 9.79. The number of para-hydroxylation sites is 3. The Morgan fingerprint density at radius 2 is 1.15 bits per heavy atom. The van der Waals surface area contributed by atoms with Crippen molar-refractivity contribution < 1.29 is 8.83 Å². The molecule has 0 N–H and O–H groups in total. The van der Waals surface area contributed by atoms with E-state index in [1.165, 1.54) is 0 Å². The smallest absolute Gasteiger partial charge is 0.228 e. The summed E-state index contributed by atoms with van der Waals surface area (Å²) in [5.74, 6) is 2.45. The van der Waals surface area contributed by atoms with Gasteiger partial charge in [-0.2, -0.15) is 0 Å². The second-order valence-corrected chi connectivity index (χ2v) is 12.5. The zero-order valence-electron chi connectivity index (χ0n) is 24.7. The van der Waals surface area contributed by atoms with E-state index in [2.05, 4.69) is 48.5 Å². The summed E-state index contributed by atoms with van der Waals surface area (Å²) in [7, 11) is 0. The lowest BCUT2D eigenvalue weighted by molar-refractivity contribution is 0.621. The van der Waals surface area contributed by atoms with Gasteiger partial charge >= 0.3 is 0 Å². The van der Waals surface area contributed by atoms with Crippen molar-refractivity contribution in [1.29, 1.82) is 0 Å². The molecular weight excluding hydrogens is 601 g/mol. The van der Waals surface area contributed by atoms with Gasteiger partial charge in [-0.1, -0.05) is 84.9 Å². The van der Waals surface area contributed by atoms with Gasteiger partial charge in [-0.25, -0.2) is 19.9 Å². The molecule has 0 amide bonds. The molecule has 0 aliphatic rings. The van der Waals surface area contributed by atoms with Crippen molar-refractivity contribution in [1.82, 2.24) is 19.9 Å².